The standard InChI is InChI=1S/C23H21N5O3/c24-17-6-10-20(11-7-17)28(21-12-8-18(9-13-21)25-16-29)23(31)14-22(30)15-26-27-19-4-2-1-3-5-19/h1-13,16H,14-15,24H2,(H,25,29). The summed E-state index contributed by atoms with van der Waals surface area (Å²) in [5.41, 5.74) is 8.64. The minimum absolute atomic E-state index is 0.196. The lowest BCUT2D eigenvalue weighted by Gasteiger charge is -2.23. The number of amides is 2. The van der Waals surface area contributed by atoms with Crippen molar-refractivity contribution in [3.05, 3.63) is 78.9 Å². The zero-order chi connectivity index (χ0) is 22.1. The van der Waals surface area contributed by atoms with Gasteiger partial charge in [0.25, 0.3) is 0 Å². The molecule has 0 spiro atoms. The van der Waals surface area contributed by atoms with Gasteiger partial charge in [0.05, 0.1) is 12.1 Å². The molecule has 0 aliphatic heterocycles. The van der Waals surface area contributed by atoms with Crippen LogP contribution >= 0.6 is 0 Å². The largest absolute Gasteiger partial charge is 0.399 e. The summed E-state index contributed by atoms with van der Waals surface area (Å²) in [6.45, 7) is -0.196. The first-order valence-corrected chi connectivity index (χ1v) is 9.50. The van der Waals surface area contributed by atoms with Gasteiger partial charge in [-0.25, -0.2) is 0 Å². The predicted molar refractivity (Wildman–Crippen MR) is 120 cm³/mol. The normalized spacial score (nSPS) is 10.6. The molecule has 8 nitrogen and oxygen atoms in total. The molecule has 2 amide bonds. The van der Waals surface area contributed by atoms with Gasteiger partial charge in [0.1, 0.15) is 6.54 Å². The van der Waals surface area contributed by atoms with E-state index in [1.54, 1.807) is 60.7 Å². The molecule has 0 bridgehead atoms. The number of hydrogen-bond donors (Lipinski definition) is 2. The maximum atomic E-state index is 13.0. The summed E-state index contributed by atoms with van der Waals surface area (Å²) in [6, 6.07) is 22.5. The highest BCUT2D eigenvalue weighted by molar-refractivity contribution is 6.10. The Bertz CT molecular complexity index is 1060. The molecule has 0 unspecified atom stereocenters. The number of benzene rings is 3. The first-order valence-electron chi connectivity index (χ1n) is 9.50. The fourth-order valence-corrected chi connectivity index (χ4v) is 2.83. The number of azo groups is 1. The predicted octanol–water partition coefficient (Wildman–Crippen LogP) is 4.24. The average Bonchev–Trinajstić information content (AvgIpc) is 2.77. The molecule has 0 saturated carbocycles. The number of anilines is 4. The molecule has 0 aromatic heterocycles. The molecule has 0 heterocycles. The van der Waals surface area contributed by atoms with Crippen molar-refractivity contribution in [2.45, 2.75) is 6.42 Å². The van der Waals surface area contributed by atoms with E-state index in [-0.39, 0.29) is 18.7 Å². The van der Waals surface area contributed by atoms with E-state index in [0.29, 0.717) is 34.8 Å². The SMILES string of the molecule is Nc1ccc(N(C(=O)CC(=O)CN=Nc2ccccc2)c2ccc(NC=O)cc2)cc1. The van der Waals surface area contributed by atoms with E-state index in [2.05, 4.69) is 15.5 Å². The minimum Gasteiger partial charge on any atom is -0.399 e. The smallest absolute Gasteiger partial charge is 0.239 e. The van der Waals surface area contributed by atoms with E-state index in [9.17, 15) is 14.4 Å². The fraction of sp³-hybridized carbons (Fsp3) is 0.0870. The molecule has 31 heavy (non-hydrogen) atoms. The summed E-state index contributed by atoms with van der Waals surface area (Å²) in [7, 11) is 0. The summed E-state index contributed by atoms with van der Waals surface area (Å²) in [5, 5.41) is 10.4. The lowest BCUT2D eigenvalue weighted by atomic mass is 10.1. The molecule has 0 fully saturated rings. The van der Waals surface area contributed by atoms with Crippen LogP contribution in [-0.4, -0.2) is 24.6 Å². The van der Waals surface area contributed by atoms with E-state index in [0.717, 1.165) is 0 Å². The molecule has 3 rings (SSSR count). The highest BCUT2D eigenvalue weighted by Crippen LogP contribution is 2.28. The number of Topliss-reactive ketones (excluding diaryl/α,β-unsaturated/α-hetero) is 1. The number of carbonyl (C=O) groups is 3. The Morgan fingerprint density at radius 1 is 0.903 bits per heavy atom. The van der Waals surface area contributed by atoms with Crippen LogP contribution in [0, 0.1) is 0 Å². The van der Waals surface area contributed by atoms with Gasteiger partial charge >= 0.3 is 0 Å². The van der Waals surface area contributed by atoms with E-state index in [1.807, 2.05) is 18.2 Å². The second-order valence-corrected chi connectivity index (χ2v) is 6.58. The molecule has 0 saturated heterocycles. The van der Waals surface area contributed by atoms with Crippen LogP contribution in [0.1, 0.15) is 6.42 Å². The van der Waals surface area contributed by atoms with Gasteiger partial charge in [-0.05, 0) is 60.7 Å². The van der Waals surface area contributed by atoms with Crippen LogP contribution in [-0.2, 0) is 14.4 Å². The third-order valence-electron chi connectivity index (χ3n) is 4.29. The number of nitrogens with two attached hydrogens (primary N) is 1. The Balaban J connectivity index is 1.75. The Morgan fingerprint density at radius 2 is 1.52 bits per heavy atom. The van der Waals surface area contributed by atoms with Gasteiger partial charge in [0.2, 0.25) is 12.3 Å². The second kappa shape index (κ2) is 10.4. The Hall–Kier alpha value is -4.33. The molecular weight excluding hydrogens is 394 g/mol. The molecule has 8 heteroatoms. The van der Waals surface area contributed by atoms with Crippen LogP contribution in [0.4, 0.5) is 28.4 Å². The number of ketones is 1. The first kappa shape index (κ1) is 21.4. The summed E-state index contributed by atoms with van der Waals surface area (Å²) in [5.74, 6) is -0.773. The molecule has 3 N–H and O–H groups in total. The monoisotopic (exact) mass is 415 g/mol. The van der Waals surface area contributed by atoms with Gasteiger partial charge in [-0.15, -0.1) is 0 Å². The van der Waals surface area contributed by atoms with E-state index in [1.165, 1.54) is 4.90 Å². The van der Waals surface area contributed by atoms with Gasteiger partial charge in [-0.1, -0.05) is 18.2 Å². The molecule has 0 radical (unpaired) electrons. The highest BCUT2D eigenvalue weighted by atomic mass is 16.2. The van der Waals surface area contributed by atoms with E-state index >= 15 is 0 Å². The van der Waals surface area contributed by atoms with Gasteiger partial charge < -0.3 is 11.1 Å². The van der Waals surface area contributed by atoms with Crippen molar-refractivity contribution in [1.82, 2.24) is 0 Å². The molecule has 0 aliphatic carbocycles. The third kappa shape index (κ3) is 6.07. The van der Waals surface area contributed by atoms with Gasteiger partial charge in [-0.3, -0.25) is 19.3 Å². The summed E-state index contributed by atoms with van der Waals surface area (Å²) in [6.07, 6.45) is 0.229. The fourth-order valence-electron chi connectivity index (χ4n) is 2.83. The van der Waals surface area contributed by atoms with Crippen molar-refractivity contribution < 1.29 is 14.4 Å². The average molecular weight is 415 g/mol. The Morgan fingerprint density at radius 3 is 2.13 bits per heavy atom. The number of nitrogens with zero attached hydrogens (tertiary/aromatic N) is 3. The van der Waals surface area contributed by atoms with Crippen LogP contribution in [0.5, 0.6) is 0 Å². The highest BCUT2D eigenvalue weighted by Gasteiger charge is 2.21. The van der Waals surface area contributed by atoms with Crippen LogP contribution in [0.2, 0.25) is 0 Å². The van der Waals surface area contributed by atoms with Crippen molar-refractivity contribution >= 4 is 46.5 Å². The van der Waals surface area contributed by atoms with Crippen LogP contribution in [0.15, 0.2) is 89.1 Å². The molecular formula is C23H21N5O3. The van der Waals surface area contributed by atoms with E-state index < -0.39 is 5.91 Å². The topological polar surface area (TPSA) is 117 Å². The molecule has 3 aromatic rings. The van der Waals surface area contributed by atoms with Crippen LogP contribution in [0.3, 0.4) is 0 Å². The van der Waals surface area contributed by atoms with Crippen molar-refractivity contribution in [3.8, 4) is 0 Å². The second-order valence-electron chi connectivity index (χ2n) is 6.58. The third-order valence-corrected chi connectivity index (χ3v) is 4.29. The molecule has 3 aromatic carbocycles. The zero-order valence-corrected chi connectivity index (χ0v) is 16.6. The summed E-state index contributed by atoms with van der Waals surface area (Å²) in [4.78, 5) is 37.4. The Kier molecular flexibility index (Phi) is 7.21. The van der Waals surface area contributed by atoms with Gasteiger partial charge in [0, 0.05) is 22.7 Å². The van der Waals surface area contributed by atoms with Crippen molar-refractivity contribution in [3.63, 3.8) is 0 Å². The number of carbonyl (C=O) groups excluding carboxylic acids is 3. The quantitative estimate of drug-likeness (QED) is 0.235. The van der Waals surface area contributed by atoms with Crippen molar-refractivity contribution in [2.75, 3.05) is 22.5 Å². The van der Waals surface area contributed by atoms with E-state index in [4.69, 9.17) is 5.73 Å². The maximum Gasteiger partial charge on any atom is 0.239 e. The number of nitrogen functional groups attached to an aromatic ring is 1. The van der Waals surface area contributed by atoms with Gasteiger partial charge in [-0.2, -0.15) is 10.2 Å². The molecule has 0 aliphatic rings. The lowest BCUT2D eigenvalue weighted by Crippen LogP contribution is -2.28. The first-order chi connectivity index (χ1) is 15.1. The maximum absolute atomic E-state index is 13.0. The summed E-state index contributed by atoms with van der Waals surface area (Å²) >= 11 is 0. The zero-order valence-electron chi connectivity index (χ0n) is 16.6. The molecule has 156 valence electrons. The number of hydrogen-bond acceptors (Lipinski definition) is 6. The van der Waals surface area contributed by atoms with Crippen molar-refractivity contribution in [2.24, 2.45) is 10.2 Å². The minimum atomic E-state index is -0.416. The van der Waals surface area contributed by atoms with Crippen LogP contribution in [0.25, 0.3) is 0 Å². The Labute approximate surface area is 179 Å². The summed E-state index contributed by atoms with van der Waals surface area (Å²) < 4.78 is 0. The van der Waals surface area contributed by atoms with Crippen molar-refractivity contribution in [1.29, 1.82) is 0 Å². The number of nitrogens with one attached hydrogen (secondary N) is 1. The van der Waals surface area contributed by atoms with Crippen LogP contribution < -0.4 is 16.0 Å². The lowest BCUT2D eigenvalue weighted by molar-refractivity contribution is -0.125. The van der Waals surface area contributed by atoms with Gasteiger partial charge in [0.15, 0.2) is 5.78 Å². The molecule has 0 atom stereocenters. The number of rotatable bonds is 9.